The third-order valence-electron chi connectivity index (χ3n) is 6.91. The number of hydrogen-bond donors (Lipinski definition) is 1. The molecule has 6 heteroatoms. The van der Waals surface area contributed by atoms with Gasteiger partial charge in [0.2, 0.25) is 5.76 Å². The van der Waals surface area contributed by atoms with Crippen molar-refractivity contribution in [1.29, 1.82) is 0 Å². The highest BCUT2D eigenvalue weighted by atomic mass is 16.6. The van der Waals surface area contributed by atoms with Crippen LogP contribution in [-0.4, -0.2) is 31.7 Å². The fourth-order valence-electron chi connectivity index (χ4n) is 4.60. The molecule has 27 heavy (non-hydrogen) atoms. The number of esters is 1. The summed E-state index contributed by atoms with van der Waals surface area (Å²) in [5.74, 6) is 2.05. The summed E-state index contributed by atoms with van der Waals surface area (Å²) in [6.45, 7) is 6.63. The van der Waals surface area contributed by atoms with Crippen molar-refractivity contribution in [1.82, 2.24) is 0 Å². The average Bonchev–Trinajstić information content (AvgIpc) is 2.96. The van der Waals surface area contributed by atoms with E-state index in [0.717, 1.165) is 12.8 Å². The van der Waals surface area contributed by atoms with Gasteiger partial charge in [0, 0.05) is 17.2 Å². The fraction of sp³-hybridized carbons (Fsp3) is 0.571. The van der Waals surface area contributed by atoms with E-state index >= 15 is 0 Å². The lowest BCUT2D eigenvalue weighted by molar-refractivity contribution is -0.0244. The Morgan fingerprint density at radius 2 is 2.07 bits per heavy atom. The fourth-order valence-corrected chi connectivity index (χ4v) is 4.60. The molecule has 2 bridgehead atoms. The number of benzene rings is 1. The summed E-state index contributed by atoms with van der Waals surface area (Å²) < 4.78 is 16.4. The van der Waals surface area contributed by atoms with E-state index in [-0.39, 0.29) is 40.6 Å². The third-order valence-corrected chi connectivity index (χ3v) is 6.91. The maximum atomic E-state index is 12.9. The zero-order chi connectivity index (χ0) is 19.8. The van der Waals surface area contributed by atoms with Gasteiger partial charge in [0.05, 0.1) is 7.11 Å². The molecule has 0 aromatic heterocycles. The van der Waals surface area contributed by atoms with E-state index in [4.69, 9.17) is 19.9 Å². The minimum Gasteiger partial charge on any atom is -0.487 e. The van der Waals surface area contributed by atoms with Crippen LogP contribution in [0.2, 0.25) is 0 Å². The monoisotopic (exact) mass is 373 g/mol. The van der Waals surface area contributed by atoms with Gasteiger partial charge in [-0.3, -0.25) is 0 Å². The molecule has 2 saturated carbocycles. The smallest absolute Gasteiger partial charge is 0.342 e. The molecule has 3 atom stereocenters. The number of ether oxygens (including phenoxy) is 3. The van der Waals surface area contributed by atoms with E-state index in [0.29, 0.717) is 11.6 Å². The van der Waals surface area contributed by atoms with Gasteiger partial charge < -0.3 is 19.9 Å². The molecule has 0 spiro atoms. The summed E-state index contributed by atoms with van der Waals surface area (Å²) in [6.07, 6.45) is 3.02. The van der Waals surface area contributed by atoms with Crippen molar-refractivity contribution in [3.63, 3.8) is 0 Å². The van der Waals surface area contributed by atoms with E-state index in [9.17, 15) is 9.59 Å². The number of carbonyl (C=O) groups is 1. The molecular formula is C21H27NO5. The molecule has 146 valence electrons. The number of hydrogen-bond acceptors (Lipinski definition) is 6. The van der Waals surface area contributed by atoms with Crippen LogP contribution in [0.15, 0.2) is 24.0 Å². The summed E-state index contributed by atoms with van der Waals surface area (Å²) in [7, 11) is 1.36. The molecule has 2 N–H and O–H groups in total. The summed E-state index contributed by atoms with van der Waals surface area (Å²) >= 11 is 0. The molecule has 0 aliphatic heterocycles. The first-order chi connectivity index (χ1) is 12.7. The Kier molecular flexibility index (Phi) is 4.96. The number of rotatable bonds is 6. The van der Waals surface area contributed by atoms with Crippen LogP contribution in [0.25, 0.3) is 0 Å². The Morgan fingerprint density at radius 3 is 2.63 bits per heavy atom. The van der Waals surface area contributed by atoms with Crippen molar-refractivity contribution in [3.8, 4) is 5.75 Å². The highest BCUT2D eigenvalue weighted by Crippen LogP contribution is 2.66. The highest BCUT2D eigenvalue weighted by Gasteiger charge is 2.62. The summed E-state index contributed by atoms with van der Waals surface area (Å²) in [5.41, 5.74) is 6.69. The first kappa shape index (κ1) is 19.3. The van der Waals surface area contributed by atoms with Gasteiger partial charge in [-0.2, -0.15) is 0 Å². The minimum atomic E-state index is -0.436. The summed E-state index contributed by atoms with van der Waals surface area (Å²) in [4.78, 5) is 23.6. The summed E-state index contributed by atoms with van der Waals surface area (Å²) in [5, 5.41) is 0. The molecule has 2 aliphatic rings. The third kappa shape index (κ3) is 3.19. The Hall–Kier alpha value is -2.46. The normalized spacial score (nSPS) is 27.7. The van der Waals surface area contributed by atoms with Gasteiger partial charge in [-0.15, -0.1) is 0 Å². The van der Waals surface area contributed by atoms with E-state index in [1.165, 1.54) is 13.5 Å². The molecule has 3 rings (SSSR count). The van der Waals surface area contributed by atoms with E-state index in [1.807, 2.05) is 0 Å². The van der Waals surface area contributed by atoms with E-state index in [1.54, 1.807) is 24.1 Å². The van der Waals surface area contributed by atoms with Gasteiger partial charge in [-0.1, -0.05) is 20.8 Å². The number of anilines is 1. The molecule has 6 nitrogen and oxygen atoms in total. The molecule has 2 fully saturated rings. The highest BCUT2D eigenvalue weighted by molar-refractivity contribution is 5.93. The van der Waals surface area contributed by atoms with Crippen LogP contribution in [0.4, 0.5) is 5.69 Å². The number of carbonyl (C=O) groups excluding carboxylic acids is 2. The second kappa shape index (κ2) is 6.93. The lowest BCUT2D eigenvalue weighted by Crippen LogP contribution is -2.38. The van der Waals surface area contributed by atoms with Crippen LogP contribution in [0.3, 0.4) is 0 Å². The maximum absolute atomic E-state index is 12.9. The first-order valence-corrected chi connectivity index (χ1v) is 9.24. The molecule has 0 saturated heterocycles. The Morgan fingerprint density at radius 1 is 1.33 bits per heavy atom. The van der Waals surface area contributed by atoms with Crippen LogP contribution in [-0.2, 0) is 14.3 Å². The van der Waals surface area contributed by atoms with Crippen molar-refractivity contribution < 1.29 is 23.8 Å². The van der Waals surface area contributed by atoms with Gasteiger partial charge in [-0.25, -0.2) is 9.59 Å². The van der Waals surface area contributed by atoms with Crippen LogP contribution in [0.5, 0.6) is 5.75 Å². The van der Waals surface area contributed by atoms with Crippen LogP contribution in [0, 0.1) is 16.7 Å². The Labute approximate surface area is 159 Å². The van der Waals surface area contributed by atoms with Crippen molar-refractivity contribution in [2.24, 2.45) is 16.7 Å². The second-order valence-electron chi connectivity index (χ2n) is 8.28. The molecule has 0 amide bonds. The lowest BCUT2D eigenvalue weighted by Gasteiger charge is -2.38. The van der Waals surface area contributed by atoms with E-state index < -0.39 is 5.97 Å². The standard InChI is InChI=1S/C21H27NO5/c1-20(2)13-7-8-21(20,3)18(9-13)27-19(24)16-6-5-14(22)10-17(16)26-12-15(11-23)25-4/h5-6,10,13,18H,7-9,12,22H2,1-4H3. The van der Waals surface area contributed by atoms with Gasteiger partial charge >= 0.3 is 5.97 Å². The van der Waals surface area contributed by atoms with Crippen molar-refractivity contribution >= 4 is 17.6 Å². The van der Waals surface area contributed by atoms with Crippen molar-refractivity contribution in [2.45, 2.75) is 46.1 Å². The average molecular weight is 373 g/mol. The minimum absolute atomic E-state index is 0.000828. The van der Waals surface area contributed by atoms with Gasteiger partial charge in [0.15, 0.2) is 12.5 Å². The Bertz CT molecular complexity index is 796. The largest absolute Gasteiger partial charge is 0.487 e. The molecular weight excluding hydrogens is 346 g/mol. The summed E-state index contributed by atoms with van der Waals surface area (Å²) in [6, 6.07) is 4.76. The van der Waals surface area contributed by atoms with Gasteiger partial charge in [-0.05, 0) is 42.7 Å². The van der Waals surface area contributed by atoms with Crippen LogP contribution >= 0.6 is 0 Å². The van der Waals surface area contributed by atoms with Crippen molar-refractivity contribution in [2.75, 3.05) is 19.5 Å². The predicted octanol–water partition coefficient (Wildman–Crippen LogP) is 3.38. The number of nitrogens with two attached hydrogens (primary N) is 1. The Balaban J connectivity index is 1.78. The lowest BCUT2D eigenvalue weighted by atomic mass is 9.70. The molecule has 3 unspecified atom stereocenters. The topological polar surface area (TPSA) is 87.9 Å². The van der Waals surface area contributed by atoms with Crippen molar-refractivity contribution in [3.05, 3.63) is 29.5 Å². The SMILES string of the molecule is COC(=C=O)COc1cc(N)ccc1C(=O)OC1CC2CCC1(C)C2(C)C. The number of fused-ring (bicyclic) bond motifs is 2. The van der Waals surface area contributed by atoms with Crippen LogP contribution in [0.1, 0.15) is 50.4 Å². The molecule has 0 radical (unpaired) electrons. The van der Waals surface area contributed by atoms with Gasteiger partial charge in [0.25, 0.3) is 0 Å². The zero-order valence-corrected chi connectivity index (χ0v) is 16.3. The number of nitrogen functional groups attached to an aromatic ring is 1. The predicted molar refractivity (Wildman–Crippen MR) is 101 cm³/mol. The van der Waals surface area contributed by atoms with Gasteiger partial charge in [0.1, 0.15) is 17.4 Å². The zero-order valence-electron chi connectivity index (χ0n) is 16.3. The molecule has 1 aromatic carbocycles. The second-order valence-corrected chi connectivity index (χ2v) is 8.28. The number of methoxy groups -OCH3 is 1. The van der Waals surface area contributed by atoms with Crippen LogP contribution < -0.4 is 10.5 Å². The molecule has 1 aromatic rings. The maximum Gasteiger partial charge on any atom is 0.342 e. The molecule has 2 aliphatic carbocycles. The molecule has 0 heterocycles. The first-order valence-electron chi connectivity index (χ1n) is 9.24. The van der Waals surface area contributed by atoms with E-state index in [2.05, 4.69) is 20.8 Å². The quantitative estimate of drug-likeness (QED) is 0.356.